The third-order valence-electron chi connectivity index (χ3n) is 5.40. The molecular formula is C19H36O2. The first-order valence-electron chi connectivity index (χ1n) is 9.27. The van der Waals surface area contributed by atoms with E-state index in [1.807, 2.05) is 0 Å². The first-order chi connectivity index (χ1) is 10.2. The van der Waals surface area contributed by atoms with Crippen molar-refractivity contribution in [3.05, 3.63) is 0 Å². The molecule has 0 aromatic carbocycles. The van der Waals surface area contributed by atoms with Crippen molar-refractivity contribution in [2.24, 2.45) is 11.3 Å². The summed E-state index contributed by atoms with van der Waals surface area (Å²) in [7, 11) is 1.56. The van der Waals surface area contributed by atoms with E-state index in [0.29, 0.717) is 5.92 Å². The van der Waals surface area contributed by atoms with Gasteiger partial charge in [-0.2, -0.15) is 0 Å². The van der Waals surface area contributed by atoms with Crippen LogP contribution in [0.5, 0.6) is 0 Å². The fourth-order valence-corrected chi connectivity index (χ4v) is 3.98. The van der Waals surface area contributed by atoms with E-state index in [4.69, 9.17) is 4.74 Å². The number of rotatable bonds is 10. The van der Waals surface area contributed by atoms with Gasteiger partial charge in [-0.05, 0) is 25.2 Å². The molecule has 0 N–H and O–H groups in total. The molecule has 0 radical (unpaired) electrons. The zero-order valence-corrected chi connectivity index (χ0v) is 14.6. The van der Waals surface area contributed by atoms with Gasteiger partial charge in [-0.15, -0.1) is 0 Å². The molecule has 0 saturated heterocycles. The second-order valence-corrected chi connectivity index (χ2v) is 7.01. The Morgan fingerprint density at radius 3 is 2.29 bits per heavy atom. The Bertz CT molecular complexity index is 279. The van der Waals surface area contributed by atoms with E-state index < -0.39 is 0 Å². The predicted octanol–water partition coefficient (Wildman–Crippen LogP) is 5.89. The van der Waals surface area contributed by atoms with Crippen LogP contribution in [0.2, 0.25) is 0 Å². The number of unbranched alkanes of at least 4 members (excludes halogenated alkanes) is 4. The molecule has 0 bridgehead atoms. The van der Waals surface area contributed by atoms with Crippen LogP contribution in [-0.4, -0.2) is 13.1 Å². The average Bonchev–Trinajstić information content (AvgIpc) is 2.53. The first kappa shape index (κ1) is 18.5. The third-order valence-corrected chi connectivity index (χ3v) is 5.40. The van der Waals surface area contributed by atoms with Crippen LogP contribution in [0.25, 0.3) is 0 Å². The van der Waals surface area contributed by atoms with Crippen LogP contribution in [0.15, 0.2) is 0 Å². The van der Waals surface area contributed by atoms with Gasteiger partial charge in [-0.1, -0.05) is 78.1 Å². The van der Waals surface area contributed by atoms with Gasteiger partial charge >= 0.3 is 5.97 Å². The summed E-state index contributed by atoms with van der Waals surface area (Å²) in [4.78, 5) is 12.3. The molecule has 0 spiro atoms. The summed E-state index contributed by atoms with van der Waals surface area (Å²) in [5.74, 6) is 0.760. The van der Waals surface area contributed by atoms with E-state index in [1.54, 1.807) is 7.11 Å². The zero-order valence-electron chi connectivity index (χ0n) is 14.6. The minimum atomic E-state index is -0.156. The smallest absolute Gasteiger partial charge is 0.311 e. The maximum atomic E-state index is 12.3. The van der Waals surface area contributed by atoms with Crippen molar-refractivity contribution < 1.29 is 9.53 Å². The first-order valence-corrected chi connectivity index (χ1v) is 9.27. The lowest BCUT2D eigenvalue weighted by Gasteiger charge is -2.37. The Balaban J connectivity index is 2.48. The van der Waals surface area contributed by atoms with Crippen molar-refractivity contribution in [1.82, 2.24) is 0 Å². The Labute approximate surface area is 132 Å². The van der Waals surface area contributed by atoms with Gasteiger partial charge in [0.25, 0.3) is 0 Å². The molecule has 1 fully saturated rings. The average molecular weight is 296 g/mol. The fraction of sp³-hybridized carbons (Fsp3) is 0.947. The van der Waals surface area contributed by atoms with Gasteiger partial charge in [0.05, 0.1) is 12.5 Å². The minimum Gasteiger partial charge on any atom is -0.469 e. The highest BCUT2D eigenvalue weighted by atomic mass is 16.5. The highest BCUT2D eigenvalue weighted by Crippen LogP contribution is 2.44. The number of carbonyl (C=O) groups is 1. The molecule has 0 aliphatic heterocycles. The molecule has 2 heteroatoms. The number of hydrogen-bond donors (Lipinski definition) is 0. The summed E-state index contributed by atoms with van der Waals surface area (Å²) >= 11 is 0. The van der Waals surface area contributed by atoms with E-state index in [-0.39, 0.29) is 11.4 Å². The van der Waals surface area contributed by atoms with E-state index in [0.717, 1.165) is 19.3 Å². The number of ether oxygens (including phenoxy) is 1. The fourth-order valence-electron chi connectivity index (χ4n) is 3.98. The minimum absolute atomic E-state index is 0.0617. The van der Waals surface area contributed by atoms with E-state index in [2.05, 4.69) is 13.8 Å². The lowest BCUT2D eigenvalue weighted by molar-refractivity contribution is -0.156. The molecular weight excluding hydrogens is 260 g/mol. The Morgan fingerprint density at radius 1 is 1.05 bits per heavy atom. The van der Waals surface area contributed by atoms with Crippen LogP contribution in [0, 0.1) is 11.3 Å². The molecule has 1 aliphatic rings. The normalized spacial score (nSPS) is 19.2. The molecule has 1 rings (SSSR count). The maximum Gasteiger partial charge on any atom is 0.311 e. The SMILES string of the molecule is CCCCCCCC(CC)CC1(C(=O)OC)CCCCC1. The number of esters is 1. The molecule has 2 nitrogen and oxygen atoms in total. The second-order valence-electron chi connectivity index (χ2n) is 7.01. The second kappa shape index (κ2) is 10.2. The number of methoxy groups -OCH3 is 1. The largest absolute Gasteiger partial charge is 0.469 e. The Morgan fingerprint density at radius 2 is 1.71 bits per heavy atom. The van der Waals surface area contributed by atoms with Crippen molar-refractivity contribution in [1.29, 1.82) is 0 Å². The molecule has 1 aliphatic carbocycles. The molecule has 0 amide bonds. The monoisotopic (exact) mass is 296 g/mol. The van der Waals surface area contributed by atoms with Crippen LogP contribution in [-0.2, 0) is 9.53 Å². The summed E-state index contributed by atoms with van der Waals surface area (Å²) in [6.07, 6.45) is 16.1. The summed E-state index contributed by atoms with van der Waals surface area (Å²) in [5, 5.41) is 0. The summed E-state index contributed by atoms with van der Waals surface area (Å²) in [6, 6.07) is 0. The zero-order chi connectivity index (χ0) is 15.6. The third kappa shape index (κ3) is 6.00. The van der Waals surface area contributed by atoms with E-state index in [9.17, 15) is 4.79 Å². The van der Waals surface area contributed by atoms with Gasteiger partial charge in [0.1, 0.15) is 0 Å². The molecule has 0 aromatic heterocycles. The van der Waals surface area contributed by atoms with Crippen LogP contribution in [0.3, 0.4) is 0 Å². The molecule has 0 aromatic rings. The lowest BCUT2D eigenvalue weighted by Crippen LogP contribution is -2.36. The highest BCUT2D eigenvalue weighted by Gasteiger charge is 2.41. The van der Waals surface area contributed by atoms with Crippen LogP contribution >= 0.6 is 0 Å². The van der Waals surface area contributed by atoms with Crippen molar-refractivity contribution in [2.75, 3.05) is 7.11 Å². The topological polar surface area (TPSA) is 26.3 Å². The van der Waals surface area contributed by atoms with Crippen LogP contribution < -0.4 is 0 Å². The Kier molecular flexibility index (Phi) is 9.03. The van der Waals surface area contributed by atoms with Crippen molar-refractivity contribution in [2.45, 2.75) is 97.3 Å². The van der Waals surface area contributed by atoms with Crippen molar-refractivity contribution in [3.8, 4) is 0 Å². The van der Waals surface area contributed by atoms with Gasteiger partial charge < -0.3 is 4.74 Å². The highest BCUT2D eigenvalue weighted by molar-refractivity contribution is 5.76. The van der Waals surface area contributed by atoms with Crippen molar-refractivity contribution in [3.63, 3.8) is 0 Å². The summed E-state index contributed by atoms with van der Waals surface area (Å²) < 4.78 is 5.16. The van der Waals surface area contributed by atoms with Crippen LogP contribution in [0.1, 0.15) is 97.3 Å². The summed E-state index contributed by atoms with van der Waals surface area (Å²) in [5.41, 5.74) is -0.156. The van der Waals surface area contributed by atoms with Gasteiger partial charge in [0, 0.05) is 0 Å². The summed E-state index contributed by atoms with van der Waals surface area (Å²) in [6.45, 7) is 4.54. The standard InChI is InChI=1S/C19H36O2/c1-4-6-7-8-10-13-17(5-2)16-19(18(20)21-3)14-11-9-12-15-19/h17H,4-16H2,1-3H3. The quantitative estimate of drug-likeness (QED) is 0.371. The van der Waals surface area contributed by atoms with Crippen molar-refractivity contribution >= 4 is 5.97 Å². The Hall–Kier alpha value is -0.530. The molecule has 1 atom stereocenters. The van der Waals surface area contributed by atoms with Crippen LogP contribution in [0.4, 0.5) is 0 Å². The maximum absolute atomic E-state index is 12.3. The van der Waals surface area contributed by atoms with Gasteiger partial charge in [-0.3, -0.25) is 4.79 Å². The predicted molar refractivity (Wildman–Crippen MR) is 89.3 cm³/mol. The van der Waals surface area contributed by atoms with E-state index >= 15 is 0 Å². The molecule has 1 unspecified atom stereocenters. The molecule has 21 heavy (non-hydrogen) atoms. The molecule has 124 valence electrons. The van der Waals surface area contributed by atoms with Gasteiger partial charge in [-0.25, -0.2) is 0 Å². The molecule has 1 saturated carbocycles. The number of hydrogen-bond acceptors (Lipinski definition) is 2. The lowest BCUT2D eigenvalue weighted by atomic mass is 9.68. The van der Waals surface area contributed by atoms with E-state index in [1.165, 1.54) is 64.2 Å². The molecule has 0 heterocycles. The number of carbonyl (C=O) groups excluding carboxylic acids is 1. The van der Waals surface area contributed by atoms with Gasteiger partial charge in [0.2, 0.25) is 0 Å². The van der Waals surface area contributed by atoms with Gasteiger partial charge in [0.15, 0.2) is 0 Å².